The van der Waals surface area contributed by atoms with Gasteiger partial charge in [-0.25, -0.2) is 0 Å². The molecule has 8 heteroatoms. The van der Waals surface area contributed by atoms with Crippen LogP contribution in [0.2, 0.25) is 0 Å². The number of carbonyl (C=O) groups excluding carboxylic acids is 2. The number of amides is 2. The lowest BCUT2D eigenvalue weighted by Crippen LogP contribution is -2.52. The summed E-state index contributed by atoms with van der Waals surface area (Å²) in [6, 6.07) is -0.567. The van der Waals surface area contributed by atoms with Crippen LogP contribution < -0.4 is 5.73 Å². The first kappa shape index (κ1) is 26.8. The van der Waals surface area contributed by atoms with Crippen LogP contribution in [0.3, 0.4) is 0 Å². The van der Waals surface area contributed by atoms with E-state index in [9.17, 15) is 19.8 Å². The second-order valence-corrected chi connectivity index (χ2v) is 9.12. The van der Waals surface area contributed by atoms with Gasteiger partial charge in [0, 0.05) is 33.5 Å². The van der Waals surface area contributed by atoms with Gasteiger partial charge in [-0.15, -0.1) is 0 Å². The van der Waals surface area contributed by atoms with Crippen LogP contribution in [0, 0.1) is 11.8 Å². The highest BCUT2D eigenvalue weighted by Crippen LogP contribution is 2.27. The lowest BCUT2D eigenvalue weighted by Gasteiger charge is -2.39. The maximum Gasteiger partial charge on any atom is 0.225 e. The van der Waals surface area contributed by atoms with E-state index in [0.29, 0.717) is 19.4 Å². The molecule has 0 saturated carbocycles. The molecule has 2 amide bonds. The van der Waals surface area contributed by atoms with Gasteiger partial charge in [-0.3, -0.25) is 9.59 Å². The zero-order valence-electron chi connectivity index (χ0n) is 19.6. The van der Waals surface area contributed by atoms with E-state index in [4.69, 9.17) is 10.5 Å². The molecule has 0 aromatic carbocycles. The first-order valence-corrected chi connectivity index (χ1v) is 11.2. The Morgan fingerprint density at radius 3 is 2.37 bits per heavy atom. The monoisotopic (exact) mass is 429 g/mol. The molecule has 0 aliphatic carbocycles. The average molecular weight is 430 g/mol. The molecule has 1 fully saturated rings. The Hall–Kier alpha value is -1.22. The normalized spacial score (nSPS) is 21.9. The van der Waals surface area contributed by atoms with E-state index in [1.54, 1.807) is 24.0 Å². The summed E-state index contributed by atoms with van der Waals surface area (Å²) in [5.41, 5.74) is 5.40. The predicted octanol–water partition coefficient (Wildman–Crippen LogP) is 1.33. The second-order valence-electron chi connectivity index (χ2n) is 9.12. The Kier molecular flexibility index (Phi) is 11.3. The third-order valence-electron chi connectivity index (χ3n) is 6.26. The van der Waals surface area contributed by atoms with E-state index in [2.05, 4.69) is 13.8 Å². The minimum atomic E-state index is -1.11. The van der Waals surface area contributed by atoms with Crippen molar-refractivity contribution in [3.05, 3.63) is 0 Å². The molecule has 1 aliphatic rings. The Labute approximate surface area is 181 Å². The van der Waals surface area contributed by atoms with Crippen LogP contribution in [0.5, 0.6) is 0 Å². The van der Waals surface area contributed by atoms with Crippen LogP contribution in [0.1, 0.15) is 66.2 Å². The number of likely N-dealkylation sites (tertiary alicyclic amines) is 1. The predicted molar refractivity (Wildman–Crippen MR) is 116 cm³/mol. The zero-order valence-corrected chi connectivity index (χ0v) is 19.6. The summed E-state index contributed by atoms with van der Waals surface area (Å²) in [5, 5.41) is 19.8. The van der Waals surface area contributed by atoms with Gasteiger partial charge in [0.05, 0.1) is 30.7 Å². The number of rotatable bonds is 12. The maximum atomic E-state index is 13.1. The van der Waals surface area contributed by atoms with Crippen molar-refractivity contribution in [2.75, 3.05) is 20.7 Å². The summed E-state index contributed by atoms with van der Waals surface area (Å²) in [7, 11) is 3.37. The summed E-state index contributed by atoms with van der Waals surface area (Å²) >= 11 is 0. The van der Waals surface area contributed by atoms with Gasteiger partial charge in [0.2, 0.25) is 11.8 Å². The highest BCUT2D eigenvalue weighted by atomic mass is 16.5. The van der Waals surface area contributed by atoms with E-state index in [0.717, 1.165) is 12.8 Å². The Morgan fingerprint density at radius 1 is 1.23 bits per heavy atom. The van der Waals surface area contributed by atoms with Gasteiger partial charge in [-0.05, 0) is 24.7 Å². The van der Waals surface area contributed by atoms with E-state index in [1.807, 2.05) is 13.8 Å². The molecule has 1 aliphatic heterocycles. The molecule has 8 nitrogen and oxygen atoms in total. The fourth-order valence-corrected chi connectivity index (χ4v) is 4.44. The Bertz CT molecular complexity index is 543. The van der Waals surface area contributed by atoms with Crippen LogP contribution in [0.25, 0.3) is 0 Å². The highest BCUT2D eigenvalue weighted by Gasteiger charge is 2.38. The average Bonchev–Trinajstić information content (AvgIpc) is 3.15. The summed E-state index contributed by atoms with van der Waals surface area (Å²) in [6.07, 6.45) is 0.549. The quantitative estimate of drug-likeness (QED) is 0.403. The van der Waals surface area contributed by atoms with Crippen molar-refractivity contribution in [3.8, 4) is 0 Å². The summed E-state index contributed by atoms with van der Waals surface area (Å²) in [5.74, 6) is 0.366. The molecule has 2 unspecified atom stereocenters. The third kappa shape index (κ3) is 7.48. The van der Waals surface area contributed by atoms with Crippen molar-refractivity contribution in [1.82, 2.24) is 9.80 Å². The molecular formula is C22H43N3O5. The molecule has 176 valence electrons. The highest BCUT2D eigenvalue weighted by molar-refractivity contribution is 5.78. The van der Waals surface area contributed by atoms with Gasteiger partial charge in [0.25, 0.3) is 0 Å². The number of ether oxygens (including phenoxy) is 1. The van der Waals surface area contributed by atoms with E-state index < -0.39 is 18.4 Å². The second kappa shape index (κ2) is 12.6. The number of nitrogens with two attached hydrogens (primary N) is 1. The molecule has 1 saturated heterocycles. The topological polar surface area (TPSA) is 116 Å². The summed E-state index contributed by atoms with van der Waals surface area (Å²) in [4.78, 5) is 29.3. The fourth-order valence-electron chi connectivity index (χ4n) is 4.44. The molecule has 6 atom stereocenters. The van der Waals surface area contributed by atoms with Crippen molar-refractivity contribution in [2.24, 2.45) is 17.6 Å². The van der Waals surface area contributed by atoms with Gasteiger partial charge in [0.1, 0.15) is 6.23 Å². The largest absolute Gasteiger partial charge is 0.391 e. The third-order valence-corrected chi connectivity index (χ3v) is 6.26. The van der Waals surface area contributed by atoms with Gasteiger partial charge in [-0.1, -0.05) is 34.1 Å². The molecule has 0 aromatic heterocycles. The molecule has 0 aromatic rings. The SMILES string of the molecule is CCC(C)[C@@H]([C@@H](CC(=O)N1CCC[C@H]1[C@H](O)CC(N)O)OC)N(C)C(=O)CC(C)C. The fraction of sp³-hybridized carbons (Fsp3) is 0.909. The van der Waals surface area contributed by atoms with E-state index in [-0.39, 0.29) is 48.6 Å². The van der Waals surface area contributed by atoms with Gasteiger partial charge in [-0.2, -0.15) is 0 Å². The van der Waals surface area contributed by atoms with Crippen molar-refractivity contribution >= 4 is 11.8 Å². The van der Waals surface area contributed by atoms with E-state index >= 15 is 0 Å². The maximum absolute atomic E-state index is 13.1. The first-order valence-electron chi connectivity index (χ1n) is 11.2. The first-order chi connectivity index (χ1) is 14.0. The van der Waals surface area contributed by atoms with Crippen LogP contribution in [-0.2, 0) is 14.3 Å². The van der Waals surface area contributed by atoms with Crippen molar-refractivity contribution < 1.29 is 24.5 Å². The molecule has 1 heterocycles. The number of carbonyl (C=O) groups is 2. The molecule has 30 heavy (non-hydrogen) atoms. The number of methoxy groups -OCH3 is 1. The van der Waals surface area contributed by atoms with Gasteiger partial charge in [0.15, 0.2) is 0 Å². The summed E-state index contributed by atoms with van der Waals surface area (Å²) < 4.78 is 5.74. The van der Waals surface area contributed by atoms with Gasteiger partial charge < -0.3 is 30.5 Å². The number of hydrogen-bond donors (Lipinski definition) is 3. The molecule has 1 rings (SSSR count). The van der Waals surface area contributed by atoms with Crippen LogP contribution in [0.15, 0.2) is 0 Å². The molecule has 0 radical (unpaired) electrons. The zero-order chi connectivity index (χ0) is 23.0. The lowest BCUT2D eigenvalue weighted by atomic mass is 9.90. The van der Waals surface area contributed by atoms with Crippen molar-refractivity contribution in [3.63, 3.8) is 0 Å². The summed E-state index contributed by atoms with van der Waals surface area (Å²) in [6.45, 7) is 8.73. The number of hydrogen-bond acceptors (Lipinski definition) is 6. The molecular weight excluding hydrogens is 386 g/mol. The lowest BCUT2D eigenvalue weighted by molar-refractivity contribution is -0.144. The van der Waals surface area contributed by atoms with E-state index in [1.165, 1.54) is 0 Å². The van der Waals surface area contributed by atoms with Crippen molar-refractivity contribution in [1.29, 1.82) is 0 Å². The number of aliphatic hydroxyl groups is 2. The van der Waals surface area contributed by atoms with Crippen LogP contribution in [-0.4, -0.2) is 83.0 Å². The Morgan fingerprint density at radius 2 is 1.87 bits per heavy atom. The number of likely N-dealkylation sites (N-methyl/N-ethyl adjacent to an activating group) is 1. The minimum absolute atomic E-state index is 0.0318. The number of aliphatic hydroxyl groups excluding tert-OH is 2. The Balaban J connectivity index is 2.95. The van der Waals surface area contributed by atoms with Gasteiger partial charge >= 0.3 is 0 Å². The smallest absolute Gasteiger partial charge is 0.225 e. The van der Waals surface area contributed by atoms with Crippen LogP contribution >= 0.6 is 0 Å². The molecule has 0 spiro atoms. The van der Waals surface area contributed by atoms with Crippen LogP contribution in [0.4, 0.5) is 0 Å². The van der Waals surface area contributed by atoms with Crippen molar-refractivity contribution in [2.45, 2.75) is 96.7 Å². The molecule has 4 N–H and O–H groups in total. The number of nitrogens with zero attached hydrogens (tertiary/aromatic N) is 2. The standard InChI is InChI=1S/C22H43N3O5/c1-7-15(4)22(24(5)20(28)11-14(2)3)18(30-6)13-21(29)25-10-8-9-16(25)17(26)12-19(23)27/h14-19,22,26-27H,7-13,23H2,1-6H3/t15?,16-,17+,18+,19?,22-/m0/s1. The minimum Gasteiger partial charge on any atom is -0.391 e. The molecule has 0 bridgehead atoms.